The minimum absolute atomic E-state index is 0. The van der Waals surface area contributed by atoms with Crippen LogP contribution in [0.1, 0.15) is 31.9 Å². The third-order valence-corrected chi connectivity index (χ3v) is 3.75. The van der Waals surface area contributed by atoms with Crippen LogP contribution in [0.5, 0.6) is 0 Å². The van der Waals surface area contributed by atoms with Gasteiger partial charge in [-0.2, -0.15) is 5.10 Å². The third kappa shape index (κ3) is 7.80. The van der Waals surface area contributed by atoms with Gasteiger partial charge in [0.05, 0.1) is 24.9 Å². The number of guanidine groups is 1. The Bertz CT molecular complexity index is 475. The van der Waals surface area contributed by atoms with Crippen molar-refractivity contribution >= 4 is 29.9 Å². The molecule has 0 radical (unpaired) electrons. The first kappa shape index (κ1) is 21.2. The van der Waals surface area contributed by atoms with Crippen molar-refractivity contribution in [3.63, 3.8) is 0 Å². The summed E-state index contributed by atoms with van der Waals surface area (Å²) < 4.78 is 13.0. The zero-order valence-corrected chi connectivity index (χ0v) is 17.0. The molecule has 138 valence electrons. The maximum Gasteiger partial charge on any atom is 0.191 e. The molecule has 0 saturated carbocycles. The van der Waals surface area contributed by atoms with E-state index in [0.717, 1.165) is 57.2 Å². The van der Waals surface area contributed by atoms with Crippen LogP contribution in [0.15, 0.2) is 17.3 Å². The summed E-state index contributed by atoms with van der Waals surface area (Å²) >= 11 is 0. The van der Waals surface area contributed by atoms with E-state index in [9.17, 15) is 0 Å². The predicted octanol–water partition coefficient (Wildman–Crippen LogP) is 1.68. The minimum Gasteiger partial charge on any atom is -0.379 e. The lowest BCUT2D eigenvalue weighted by molar-refractivity contribution is 0.0168. The molecule has 1 unspecified atom stereocenters. The van der Waals surface area contributed by atoms with Crippen LogP contribution in [-0.2, 0) is 23.1 Å². The molecule has 0 amide bonds. The average Bonchev–Trinajstić information content (AvgIpc) is 3.20. The Hall–Kier alpha value is -0.870. The second-order valence-electron chi connectivity index (χ2n) is 5.63. The normalized spacial score (nSPS) is 17.6. The molecule has 8 heteroatoms. The number of nitrogens with zero attached hydrogens (tertiary/aromatic N) is 3. The first-order valence-corrected chi connectivity index (χ1v) is 8.48. The number of hydrogen-bond acceptors (Lipinski definition) is 4. The van der Waals surface area contributed by atoms with Gasteiger partial charge >= 0.3 is 0 Å². The van der Waals surface area contributed by atoms with E-state index < -0.39 is 0 Å². The molecular formula is C16H30IN5O2. The number of ether oxygens (including phenoxy) is 2. The highest BCUT2D eigenvalue weighted by Gasteiger charge is 2.14. The Labute approximate surface area is 161 Å². The summed E-state index contributed by atoms with van der Waals surface area (Å²) in [5.74, 6) is 0.827. The van der Waals surface area contributed by atoms with Crippen molar-refractivity contribution in [2.75, 3.05) is 32.9 Å². The van der Waals surface area contributed by atoms with Gasteiger partial charge in [-0.25, -0.2) is 4.99 Å². The molecule has 24 heavy (non-hydrogen) atoms. The fraction of sp³-hybridized carbons (Fsp3) is 0.750. The van der Waals surface area contributed by atoms with E-state index in [1.165, 1.54) is 0 Å². The highest BCUT2D eigenvalue weighted by atomic mass is 127. The summed E-state index contributed by atoms with van der Waals surface area (Å²) in [7, 11) is 1.93. The van der Waals surface area contributed by atoms with Gasteiger partial charge in [0.15, 0.2) is 5.96 Å². The van der Waals surface area contributed by atoms with Crippen LogP contribution in [-0.4, -0.2) is 54.8 Å². The van der Waals surface area contributed by atoms with Gasteiger partial charge in [0.1, 0.15) is 0 Å². The fourth-order valence-electron chi connectivity index (χ4n) is 2.43. The van der Waals surface area contributed by atoms with Crippen LogP contribution in [0.4, 0.5) is 0 Å². The summed E-state index contributed by atoms with van der Waals surface area (Å²) in [4.78, 5) is 4.57. The van der Waals surface area contributed by atoms with E-state index in [4.69, 9.17) is 9.47 Å². The molecule has 1 aromatic rings. The van der Waals surface area contributed by atoms with Crippen molar-refractivity contribution in [3.05, 3.63) is 18.0 Å². The van der Waals surface area contributed by atoms with Crippen molar-refractivity contribution in [2.45, 2.75) is 38.8 Å². The smallest absolute Gasteiger partial charge is 0.191 e. The van der Waals surface area contributed by atoms with Crippen molar-refractivity contribution in [2.24, 2.45) is 12.0 Å². The number of hydrogen-bond donors (Lipinski definition) is 2. The first-order valence-electron chi connectivity index (χ1n) is 8.48. The average molecular weight is 451 g/mol. The van der Waals surface area contributed by atoms with E-state index in [2.05, 4.69) is 27.6 Å². The molecule has 7 nitrogen and oxygen atoms in total. The molecule has 1 saturated heterocycles. The molecule has 1 aromatic heterocycles. The molecule has 0 bridgehead atoms. The Balaban J connectivity index is 0.00000288. The van der Waals surface area contributed by atoms with Gasteiger partial charge in [-0.15, -0.1) is 24.0 Å². The van der Waals surface area contributed by atoms with Gasteiger partial charge in [-0.1, -0.05) is 0 Å². The maximum absolute atomic E-state index is 5.66. The highest BCUT2D eigenvalue weighted by molar-refractivity contribution is 14.0. The van der Waals surface area contributed by atoms with Gasteiger partial charge in [0.2, 0.25) is 0 Å². The standard InChI is InChI=1S/C16H29N5O2.HI/c1-3-17-16(19-12-14-7-9-20-21(14)2)18-8-5-10-22-13-15-6-4-11-23-15;/h7,9,15H,3-6,8,10-13H2,1-2H3,(H2,17,18,19);1H. The summed E-state index contributed by atoms with van der Waals surface area (Å²) in [5.41, 5.74) is 1.09. The zero-order valence-electron chi connectivity index (χ0n) is 14.7. The van der Waals surface area contributed by atoms with Gasteiger partial charge < -0.3 is 20.1 Å². The number of halogens is 1. The first-order chi connectivity index (χ1) is 11.3. The van der Waals surface area contributed by atoms with Crippen LogP contribution < -0.4 is 10.6 Å². The molecule has 2 heterocycles. The minimum atomic E-state index is 0. The van der Waals surface area contributed by atoms with Crippen LogP contribution >= 0.6 is 24.0 Å². The largest absolute Gasteiger partial charge is 0.379 e. The Morgan fingerprint density at radius 3 is 3.04 bits per heavy atom. The second kappa shape index (κ2) is 12.5. The van der Waals surface area contributed by atoms with Crippen LogP contribution in [0.2, 0.25) is 0 Å². The summed E-state index contributed by atoms with van der Waals surface area (Å²) in [6.07, 6.45) is 5.33. The van der Waals surface area contributed by atoms with Crippen LogP contribution in [0, 0.1) is 0 Å². The van der Waals surface area contributed by atoms with Crippen molar-refractivity contribution in [3.8, 4) is 0 Å². The fourth-order valence-corrected chi connectivity index (χ4v) is 2.43. The number of aliphatic imine (C=N–C) groups is 1. The van der Waals surface area contributed by atoms with Crippen LogP contribution in [0.3, 0.4) is 0 Å². The van der Waals surface area contributed by atoms with Gasteiger partial charge in [-0.3, -0.25) is 4.68 Å². The maximum atomic E-state index is 5.66. The summed E-state index contributed by atoms with van der Waals surface area (Å²) in [6, 6.07) is 1.98. The third-order valence-electron chi connectivity index (χ3n) is 3.75. The molecule has 2 N–H and O–H groups in total. The lowest BCUT2D eigenvalue weighted by Crippen LogP contribution is -2.38. The molecule has 1 aliphatic rings. The molecule has 0 spiro atoms. The molecule has 0 aliphatic carbocycles. The number of aromatic nitrogens is 2. The van der Waals surface area contributed by atoms with E-state index >= 15 is 0 Å². The van der Waals surface area contributed by atoms with Gasteiger partial charge in [-0.05, 0) is 32.3 Å². The lowest BCUT2D eigenvalue weighted by Gasteiger charge is -2.12. The molecule has 1 aliphatic heterocycles. The Kier molecular flexibility index (Phi) is 11.0. The quantitative estimate of drug-likeness (QED) is 0.259. The molecule has 1 fully saturated rings. The second-order valence-corrected chi connectivity index (χ2v) is 5.63. The van der Waals surface area contributed by atoms with Gasteiger partial charge in [0, 0.05) is 39.5 Å². The van der Waals surface area contributed by atoms with E-state index in [-0.39, 0.29) is 24.0 Å². The monoisotopic (exact) mass is 451 g/mol. The molecule has 0 aromatic carbocycles. The number of rotatable bonds is 9. The summed E-state index contributed by atoms with van der Waals surface area (Å²) in [5, 5.41) is 10.7. The van der Waals surface area contributed by atoms with Crippen molar-refractivity contribution in [1.29, 1.82) is 0 Å². The Morgan fingerprint density at radius 1 is 1.50 bits per heavy atom. The lowest BCUT2D eigenvalue weighted by atomic mass is 10.2. The summed E-state index contributed by atoms with van der Waals surface area (Å²) in [6.45, 7) is 6.69. The van der Waals surface area contributed by atoms with E-state index in [1.54, 1.807) is 6.20 Å². The molecular weight excluding hydrogens is 421 g/mol. The predicted molar refractivity (Wildman–Crippen MR) is 106 cm³/mol. The number of aryl methyl sites for hydroxylation is 1. The zero-order chi connectivity index (χ0) is 16.3. The van der Waals surface area contributed by atoms with E-state index in [0.29, 0.717) is 19.3 Å². The SMILES string of the molecule is CCNC(=NCc1ccnn1C)NCCCOCC1CCCO1.I. The van der Waals surface area contributed by atoms with Gasteiger partial charge in [0.25, 0.3) is 0 Å². The van der Waals surface area contributed by atoms with E-state index in [1.807, 2.05) is 17.8 Å². The Morgan fingerprint density at radius 2 is 2.38 bits per heavy atom. The molecule has 1 atom stereocenters. The topological polar surface area (TPSA) is 72.7 Å². The highest BCUT2D eigenvalue weighted by Crippen LogP contribution is 2.11. The van der Waals surface area contributed by atoms with Crippen molar-refractivity contribution < 1.29 is 9.47 Å². The molecule has 2 rings (SSSR count). The van der Waals surface area contributed by atoms with Crippen molar-refractivity contribution in [1.82, 2.24) is 20.4 Å². The van der Waals surface area contributed by atoms with Crippen LogP contribution in [0.25, 0.3) is 0 Å². The number of nitrogens with one attached hydrogen (secondary N) is 2.